The topological polar surface area (TPSA) is 82.3 Å². The number of carbonyl (C=O) groups excluding carboxylic acids is 3. The lowest BCUT2D eigenvalue weighted by Crippen LogP contribution is -2.41. The zero-order valence-corrected chi connectivity index (χ0v) is 13.1. The fourth-order valence-electron chi connectivity index (χ4n) is 2.62. The monoisotopic (exact) mass is 331 g/mol. The minimum Gasteiger partial charge on any atom is -0.359 e. The molecule has 6 nitrogen and oxygen atoms in total. The molecule has 2 N–H and O–H groups in total. The molecule has 0 aliphatic carbocycles. The van der Waals surface area contributed by atoms with E-state index in [1.807, 2.05) is 0 Å². The molecule has 1 saturated heterocycles. The molecular formula is C16H14ClN3O3. The van der Waals surface area contributed by atoms with Crippen LogP contribution >= 0.6 is 11.6 Å². The molecule has 0 radical (unpaired) electrons. The number of Topliss-reactive ketones (excluding diaryl/α,β-unsaturated/α-hetero) is 1. The van der Waals surface area contributed by atoms with E-state index in [1.165, 1.54) is 0 Å². The summed E-state index contributed by atoms with van der Waals surface area (Å²) in [4.78, 5) is 40.7. The van der Waals surface area contributed by atoms with Crippen LogP contribution in [-0.2, 0) is 10.3 Å². The first kappa shape index (κ1) is 15.3. The summed E-state index contributed by atoms with van der Waals surface area (Å²) >= 11 is 6.15. The SMILES string of the molecule is C[C@@]1(c2ccccc2Cl)NC(=O)N(CC(=O)c2ccc[nH]2)C1=O. The molecule has 1 atom stereocenters. The molecule has 1 aliphatic rings. The number of urea groups is 1. The first-order valence-electron chi connectivity index (χ1n) is 6.99. The minimum atomic E-state index is -1.29. The first-order chi connectivity index (χ1) is 10.9. The molecule has 3 rings (SSSR count). The quantitative estimate of drug-likeness (QED) is 0.666. The van der Waals surface area contributed by atoms with Gasteiger partial charge in [-0.25, -0.2) is 4.79 Å². The van der Waals surface area contributed by atoms with Gasteiger partial charge in [-0.3, -0.25) is 14.5 Å². The summed E-state index contributed by atoms with van der Waals surface area (Å²) in [5.41, 5.74) is -0.447. The van der Waals surface area contributed by atoms with Gasteiger partial charge in [0, 0.05) is 16.8 Å². The highest BCUT2D eigenvalue weighted by atomic mass is 35.5. The average molecular weight is 332 g/mol. The van der Waals surface area contributed by atoms with Crippen molar-refractivity contribution >= 4 is 29.3 Å². The standard InChI is InChI=1S/C16H14ClN3O3/c1-16(10-5-2-3-6-11(10)17)14(22)20(15(23)19-16)9-13(21)12-7-4-8-18-12/h2-8,18H,9H2,1H3,(H,19,23)/t16-/m0/s1. The summed E-state index contributed by atoms with van der Waals surface area (Å²) in [5, 5.41) is 3.00. The predicted molar refractivity (Wildman–Crippen MR) is 84.2 cm³/mol. The zero-order chi connectivity index (χ0) is 16.6. The Balaban J connectivity index is 1.88. The van der Waals surface area contributed by atoms with Gasteiger partial charge in [-0.2, -0.15) is 0 Å². The maximum absolute atomic E-state index is 12.7. The highest BCUT2D eigenvalue weighted by molar-refractivity contribution is 6.32. The second kappa shape index (κ2) is 5.55. The number of nitrogens with one attached hydrogen (secondary N) is 2. The summed E-state index contributed by atoms with van der Waals surface area (Å²) < 4.78 is 0. The van der Waals surface area contributed by atoms with Crippen LogP contribution in [0.1, 0.15) is 23.0 Å². The molecule has 0 unspecified atom stereocenters. The van der Waals surface area contributed by atoms with Gasteiger partial charge >= 0.3 is 6.03 Å². The summed E-state index contributed by atoms with van der Waals surface area (Å²) in [6.07, 6.45) is 1.60. The van der Waals surface area contributed by atoms with Crippen LogP contribution in [0.15, 0.2) is 42.6 Å². The smallest absolute Gasteiger partial charge is 0.325 e. The number of rotatable bonds is 4. The molecule has 0 spiro atoms. The van der Waals surface area contributed by atoms with Gasteiger partial charge in [-0.15, -0.1) is 0 Å². The number of imide groups is 1. The molecule has 23 heavy (non-hydrogen) atoms. The lowest BCUT2D eigenvalue weighted by molar-refractivity contribution is -0.130. The lowest BCUT2D eigenvalue weighted by atomic mass is 9.92. The molecule has 7 heteroatoms. The average Bonchev–Trinajstić information content (AvgIpc) is 3.12. The number of H-pyrrole nitrogens is 1. The number of aromatic amines is 1. The number of hydrogen-bond donors (Lipinski definition) is 2. The highest BCUT2D eigenvalue weighted by Gasteiger charge is 2.50. The number of halogens is 1. The Hall–Kier alpha value is -2.60. The molecule has 118 valence electrons. The third kappa shape index (κ3) is 2.51. The van der Waals surface area contributed by atoms with E-state index in [2.05, 4.69) is 10.3 Å². The number of amides is 3. The summed E-state index contributed by atoms with van der Waals surface area (Å²) in [5.74, 6) is -0.850. The Labute approximate surface area is 137 Å². The van der Waals surface area contributed by atoms with E-state index in [0.29, 0.717) is 16.3 Å². The van der Waals surface area contributed by atoms with Crippen LogP contribution in [0.2, 0.25) is 5.02 Å². The van der Waals surface area contributed by atoms with Crippen molar-refractivity contribution in [2.45, 2.75) is 12.5 Å². The number of benzene rings is 1. The third-order valence-electron chi connectivity index (χ3n) is 3.89. The van der Waals surface area contributed by atoms with Crippen LogP contribution in [0.25, 0.3) is 0 Å². The Bertz CT molecular complexity index is 788. The Morgan fingerprint density at radius 3 is 2.61 bits per heavy atom. The van der Waals surface area contributed by atoms with E-state index < -0.39 is 17.5 Å². The summed E-state index contributed by atoms with van der Waals surface area (Å²) in [6, 6.07) is 9.45. The van der Waals surface area contributed by atoms with Gasteiger partial charge in [0.1, 0.15) is 5.54 Å². The molecule has 2 heterocycles. The van der Waals surface area contributed by atoms with E-state index in [9.17, 15) is 14.4 Å². The van der Waals surface area contributed by atoms with Crippen molar-refractivity contribution in [2.75, 3.05) is 6.54 Å². The van der Waals surface area contributed by atoms with E-state index in [-0.39, 0.29) is 12.3 Å². The Morgan fingerprint density at radius 2 is 1.96 bits per heavy atom. The summed E-state index contributed by atoms with van der Waals surface area (Å²) in [6.45, 7) is 1.25. The molecule has 0 bridgehead atoms. The normalized spacial score (nSPS) is 20.7. The van der Waals surface area contributed by atoms with E-state index in [0.717, 1.165) is 4.90 Å². The molecule has 1 aliphatic heterocycles. The molecule has 0 saturated carbocycles. The maximum Gasteiger partial charge on any atom is 0.325 e. The number of nitrogens with zero attached hydrogens (tertiary/aromatic N) is 1. The van der Waals surface area contributed by atoms with Crippen molar-refractivity contribution in [1.29, 1.82) is 0 Å². The van der Waals surface area contributed by atoms with E-state index >= 15 is 0 Å². The van der Waals surface area contributed by atoms with Crippen LogP contribution in [0.4, 0.5) is 4.79 Å². The Morgan fingerprint density at radius 1 is 1.22 bits per heavy atom. The van der Waals surface area contributed by atoms with Gasteiger partial charge in [0.25, 0.3) is 5.91 Å². The largest absolute Gasteiger partial charge is 0.359 e. The highest BCUT2D eigenvalue weighted by Crippen LogP contribution is 2.33. The van der Waals surface area contributed by atoms with Crippen molar-refractivity contribution in [2.24, 2.45) is 0 Å². The van der Waals surface area contributed by atoms with Gasteiger partial charge in [0.15, 0.2) is 5.78 Å². The molecule has 1 fully saturated rings. The fourth-order valence-corrected chi connectivity index (χ4v) is 2.95. The van der Waals surface area contributed by atoms with Crippen molar-refractivity contribution in [3.05, 3.63) is 58.9 Å². The van der Waals surface area contributed by atoms with Gasteiger partial charge in [0.2, 0.25) is 0 Å². The minimum absolute atomic E-state index is 0.328. The molecule has 1 aromatic heterocycles. The van der Waals surface area contributed by atoms with Crippen molar-refractivity contribution in [3.8, 4) is 0 Å². The van der Waals surface area contributed by atoms with Crippen LogP contribution in [0.5, 0.6) is 0 Å². The van der Waals surface area contributed by atoms with Gasteiger partial charge < -0.3 is 10.3 Å². The number of carbonyl (C=O) groups is 3. The predicted octanol–water partition coefficient (Wildman–Crippen LogP) is 2.32. The van der Waals surface area contributed by atoms with Crippen LogP contribution < -0.4 is 5.32 Å². The lowest BCUT2D eigenvalue weighted by Gasteiger charge is -2.23. The van der Waals surface area contributed by atoms with Gasteiger partial charge in [-0.05, 0) is 25.1 Å². The maximum atomic E-state index is 12.7. The molecule has 3 amide bonds. The summed E-state index contributed by atoms with van der Waals surface area (Å²) in [7, 11) is 0. The molecule has 1 aromatic carbocycles. The fraction of sp³-hybridized carbons (Fsp3) is 0.188. The number of ketones is 1. The number of hydrogen-bond acceptors (Lipinski definition) is 3. The van der Waals surface area contributed by atoms with E-state index in [4.69, 9.17) is 11.6 Å². The van der Waals surface area contributed by atoms with Crippen LogP contribution in [0, 0.1) is 0 Å². The zero-order valence-electron chi connectivity index (χ0n) is 12.3. The number of aromatic nitrogens is 1. The first-order valence-corrected chi connectivity index (χ1v) is 7.37. The van der Waals surface area contributed by atoms with Crippen molar-refractivity contribution in [1.82, 2.24) is 15.2 Å². The Kier molecular flexibility index (Phi) is 3.69. The second-order valence-corrected chi connectivity index (χ2v) is 5.84. The van der Waals surface area contributed by atoms with Gasteiger partial charge in [-0.1, -0.05) is 29.8 Å². The second-order valence-electron chi connectivity index (χ2n) is 5.43. The third-order valence-corrected chi connectivity index (χ3v) is 4.22. The van der Waals surface area contributed by atoms with E-state index in [1.54, 1.807) is 49.5 Å². The van der Waals surface area contributed by atoms with Crippen LogP contribution in [-0.4, -0.2) is 34.2 Å². The van der Waals surface area contributed by atoms with Crippen molar-refractivity contribution in [3.63, 3.8) is 0 Å². The van der Waals surface area contributed by atoms with Gasteiger partial charge in [0.05, 0.1) is 12.2 Å². The van der Waals surface area contributed by atoms with Crippen LogP contribution in [0.3, 0.4) is 0 Å². The molecule has 2 aromatic rings. The van der Waals surface area contributed by atoms with Crippen molar-refractivity contribution < 1.29 is 14.4 Å². The molecular weight excluding hydrogens is 318 g/mol.